The summed E-state index contributed by atoms with van der Waals surface area (Å²) in [7, 11) is -2.23. The Balaban J connectivity index is 2.87. The van der Waals surface area contributed by atoms with Gasteiger partial charge in [-0.25, -0.2) is 13.6 Å². The number of rotatable bonds is 5. The minimum absolute atomic E-state index is 0.0226. The van der Waals surface area contributed by atoms with Crippen molar-refractivity contribution >= 4 is 27.3 Å². The lowest BCUT2D eigenvalue weighted by atomic mass is 10.2. The molecule has 1 heterocycles. The van der Waals surface area contributed by atoms with Crippen LogP contribution in [0.5, 0.6) is 0 Å². The molecule has 0 aromatic carbocycles. The number of nitrogens with one attached hydrogen (secondary N) is 1. The maximum absolute atomic E-state index is 11.7. The van der Waals surface area contributed by atoms with Gasteiger partial charge in [0.15, 0.2) is 0 Å². The van der Waals surface area contributed by atoms with Crippen molar-refractivity contribution in [2.75, 3.05) is 20.3 Å². The van der Waals surface area contributed by atoms with Crippen LogP contribution >= 0.6 is 11.3 Å². The topological polar surface area (TPSA) is 98.5 Å². The number of carbonyl (C=O) groups excluding carboxylic acids is 1. The number of hydrogen-bond donors (Lipinski definition) is 2. The number of nitrogens with two attached hydrogens (primary N) is 1. The molecule has 3 N–H and O–H groups in total. The van der Waals surface area contributed by atoms with Crippen LogP contribution in [0.1, 0.15) is 15.9 Å². The molecule has 0 aliphatic heterocycles. The Morgan fingerprint density at radius 2 is 2.24 bits per heavy atom. The maximum Gasteiger partial charge on any atom is 0.252 e. The first kappa shape index (κ1) is 14.1. The maximum atomic E-state index is 11.7. The molecule has 0 spiro atoms. The number of hydrogen-bond acceptors (Lipinski definition) is 5. The molecule has 0 fully saturated rings. The van der Waals surface area contributed by atoms with Crippen molar-refractivity contribution < 1.29 is 17.9 Å². The van der Waals surface area contributed by atoms with Crippen LogP contribution in [0.15, 0.2) is 9.59 Å². The lowest BCUT2D eigenvalue weighted by Gasteiger charge is -2.04. The van der Waals surface area contributed by atoms with Gasteiger partial charge in [-0.2, -0.15) is 0 Å². The van der Waals surface area contributed by atoms with Crippen LogP contribution in [0.4, 0.5) is 0 Å². The van der Waals surface area contributed by atoms with E-state index < -0.39 is 10.0 Å². The zero-order valence-corrected chi connectivity index (χ0v) is 11.2. The molecule has 1 amide bonds. The number of ether oxygens (including phenoxy) is 1. The van der Waals surface area contributed by atoms with Gasteiger partial charge in [0.05, 0.1) is 12.2 Å². The highest BCUT2D eigenvalue weighted by atomic mass is 32.2. The SMILES string of the molecule is COCCNC(=O)c1csc(S(N)(=O)=O)c1C. The van der Waals surface area contributed by atoms with E-state index in [-0.39, 0.29) is 10.1 Å². The van der Waals surface area contributed by atoms with Crippen LogP contribution in [-0.2, 0) is 14.8 Å². The Morgan fingerprint density at radius 3 is 2.71 bits per heavy atom. The Morgan fingerprint density at radius 1 is 1.59 bits per heavy atom. The lowest BCUT2D eigenvalue weighted by Crippen LogP contribution is -2.27. The van der Waals surface area contributed by atoms with Gasteiger partial charge < -0.3 is 10.1 Å². The third-order valence-electron chi connectivity index (χ3n) is 2.09. The number of sulfonamides is 1. The highest BCUT2D eigenvalue weighted by Gasteiger charge is 2.20. The van der Waals surface area contributed by atoms with Gasteiger partial charge in [0.2, 0.25) is 10.0 Å². The summed E-state index contributed by atoms with van der Waals surface area (Å²) in [6.45, 7) is 2.33. The quantitative estimate of drug-likeness (QED) is 0.745. The van der Waals surface area contributed by atoms with E-state index in [1.165, 1.54) is 12.5 Å². The van der Waals surface area contributed by atoms with Gasteiger partial charge in [-0.15, -0.1) is 11.3 Å². The van der Waals surface area contributed by atoms with Crippen LogP contribution in [0.2, 0.25) is 0 Å². The van der Waals surface area contributed by atoms with Crippen molar-refractivity contribution in [3.63, 3.8) is 0 Å². The van der Waals surface area contributed by atoms with Crippen molar-refractivity contribution in [1.82, 2.24) is 5.32 Å². The summed E-state index contributed by atoms with van der Waals surface area (Å²) in [6.07, 6.45) is 0. The summed E-state index contributed by atoms with van der Waals surface area (Å²) in [5, 5.41) is 9.12. The number of methoxy groups -OCH3 is 1. The fourth-order valence-corrected chi connectivity index (χ4v) is 3.28. The molecule has 17 heavy (non-hydrogen) atoms. The van der Waals surface area contributed by atoms with E-state index in [1.807, 2.05) is 0 Å². The second kappa shape index (κ2) is 5.58. The Kier molecular flexibility index (Phi) is 4.63. The highest BCUT2D eigenvalue weighted by molar-refractivity contribution is 7.91. The van der Waals surface area contributed by atoms with Gasteiger partial charge in [-0.05, 0) is 12.5 Å². The molecule has 96 valence electrons. The third kappa shape index (κ3) is 3.50. The molecule has 0 saturated carbocycles. The van der Waals surface area contributed by atoms with E-state index in [2.05, 4.69) is 5.32 Å². The standard InChI is InChI=1S/C9H14N2O4S2/c1-6-7(8(12)11-3-4-15-2)5-16-9(6)17(10,13)14/h5H,3-4H2,1-2H3,(H,11,12)(H2,10,13,14). The average Bonchev–Trinajstić information content (AvgIpc) is 2.59. The Bertz CT molecular complexity index is 507. The van der Waals surface area contributed by atoms with E-state index in [4.69, 9.17) is 9.88 Å². The third-order valence-corrected chi connectivity index (χ3v) is 4.77. The molecule has 0 saturated heterocycles. The zero-order valence-electron chi connectivity index (χ0n) is 9.52. The molecule has 1 aromatic heterocycles. The number of amides is 1. The van der Waals surface area contributed by atoms with Gasteiger partial charge in [0.1, 0.15) is 4.21 Å². The van der Waals surface area contributed by atoms with E-state index in [0.717, 1.165) is 11.3 Å². The monoisotopic (exact) mass is 278 g/mol. The van der Waals surface area contributed by atoms with Gasteiger partial charge in [0, 0.05) is 19.0 Å². The molecule has 8 heteroatoms. The van der Waals surface area contributed by atoms with Crippen molar-refractivity contribution in [3.8, 4) is 0 Å². The molecule has 1 rings (SSSR count). The summed E-state index contributed by atoms with van der Waals surface area (Å²) < 4.78 is 27.2. The summed E-state index contributed by atoms with van der Waals surface area (Å²) in [5.74, 6) is -0.328. The molecular formula is C9H14N2O4S2. The van der Waals surface area contributed by atoms with Crippen LogP contribution in [0, 0.1) is 6.92 Å². The van der Waals surface area contributed by atoms with E-state index in [0.29, 0.717) is 24.3 Å². The largest absolute Gasteiger partial charge is 0.383 e. The van der Waals surface area contributed by atoms with Crippen LogP contribution < -0.4 is 10.5 Å². The van der Waals surface area contributed by atoms with Crippen molar-refractivity contribution in [3.05, 3.63) is 16.5 Å². The van der Waals surface area contributed by atoms with E-state index in [1.54, 1.807) is 6.92 Å². The first-order valence-corrected chi connectivity index (χ1v) is 7.18. The average molecular weight is 278 g/mol. The number of thiophene rings is 1. The van der Waals surface area contributed by atoms with Gasteiger partial charge in [-0.3, -0.25) is 4.79 Å². The molecule has 0 aliphatic carbocycles. The van der Waals surface area contributed by atoms with Gasteiger partial charge in [0.25, 0.3) is 5.91 Å². The Hall–Kier alpha value is -0.960. The zero-order chi connectivity index (χ0) is 13.1. The summed E-state index contributed by atoms with van der Waals surface area (Å²) in [4.78, 5) is 11.7. The minimum Gasteiger partial charge on any atom is -0.383 e. The fraction of sp³-hybridized carbons (Fsp3) is 0.444. The second-order valence-electron chi connectivity index (χ2n) is 3.36. The second-order valence-corrected chi connectivity index (χ2v) is 5.99. The van der Waals surface area contributed by atoms with Crippen molar-refractivity contribution in [2.45, 2.75) is 11.1 Å². The molecule has 0 aliphatic rings. The summed E-state index contributed by atoms with van der Waals surface area (Å²) >= 11 is 0.946. The van der Waals surface area contributed by atoms with Crippen molar-refractivity contribution in [1.29, 1.82) is 0 Å². The van der Waals surface area contributed by atoms with Crippen LogP contribution in [-0.4, -0.2) is 34.6 Å². The van der Waals surface area contributed by atoms with Gasteiger partial charge in [-0.1, -0.05) is 0 Å². The summed E-state index contributed by atoms with van der Waals surface area (Å²) in [5.41, 5.74) is 0.711. The van der Waals surface area contributed by atoms with Crippen LogP contribution in [0.25, 0.3) is 0 Å². The molecule has 1 aromatic rings. The molecular weight excluding hydrogens is 264 g/mol. The molecule has 6 nitrogen and oxygen atoms in total. The first-order chi connectivity index (χ1) is 7.88. The molecule has 0 bridgehead atoms. The van der Waals surface area contributed by atoms with E-state index in [9.17, 15) is 13.2 Å². The minimum atomic E-state index is -3.76. The van der Waals surface area contributed by atoms with Crippen molar-refractivity contribution in [2.24, 2.45) is 5.14 Å². The number of primary sulfonamides is 1. The summed E-state index contributed by atoms with van der Waals surface area (Å²) in [6, 6.07) is 0. The molecule has 0 radical (unpaired) electrons. The van der Waals surface area contributed by atoms with Gasteiger partial charge >= 0.3 is 0 Å². The normalized spacial score (nSPS) is 11.5. The molecule has 0 atom stereocenters. The highest BCUT2D eigenvalue weighted by Crippen LogP contribution is 2.25. The predicted molar refractivity (Wildman–Crippen MR) is 64.6 cm³/mol. The fourth-order valence-electron chi connectivity index (χ4n) is 1.27. The smallest absolute Gasteiger partial charge is 0.252 e. The Labute approximate surface area is 104 Å². The molecule has 0 unspecified atom stereocenters. The van der Waals surface area contributed by atoms with E-state index >= 15 is 0 Å². The lowest BCUT2D eigenvalue weighted by molar-refractivity contribution is 0.0937. The van der Waals surface area contributed by atoms with Crippen LogP contribution in [0.3, 0.4) is 0 Å². The first-order valence-electron chi connectivity index (χ1n) is 4.76. The predicted octanol–water partition coefficient (Wildman–Crippen LogP) is 0.0801. The number of carbonyl (C=O) groups is 1.